The lowest BCUT2D eigenvalue weighted by Gasteiger charge is -2.12. The maximum Gasteiger partial charge on any atom is 0.160 e. The summed E-state index contributed by atoms with van der Waals surface area (Å²) in [7, 11) is 0. The van der Waals surface area contributed by atoms with Gasteiger partial charge in [0, 0.05) is 98.2 Å². The van der Waals surface area contributed by atoms with E-state index in [1.807, 2.05) is 12.1 Å². The van der Waals surface area contributed by atoms with Crippen molar-refractivity contribution in [3.63, 3.8) is 0 Å². The summed E-state index contributed by atoms with van der Waals surface area (Å²) in [6.07, 6.45) is 0. The van der Waals surface area contributed by atoms with Crippen LogP contribution in [0.1, 0.15) is 0 Å². The molecular formula is C90H52N4O3. The predicted molar refractivity (Wildman–Crippen MR) is 402 cm³/mol. The number of hydrogen-bond donors (Lipinski definition) is 0. The van der Waals surface area contributed by atoms with Gasteiger partial charge in [-0.2, -0.15) is 0 Å². The fraction of sp³-hybridized carbons (Fsp3) is 0. The molecule has 0 bridgehead atoms. The van der Waals surface area contributed by atoms with Crippen LogP contribution < -0.4 is 0 Å². The second-order valence-electron chi connectivity index (χ2n) is 25.9. The average Bonchev–Trinajstić information content (AvgIpc) is 1.58. The maximum atomic E-state index is 6.91. The van der Waals surface area contributed by atoms with E-state index in [4.69, 9.17) is 13.3 Å². The van der Waals surface area contributed by atoms with Crippen LogP contribution in [-0.4, -0.2) is 18.3 Å². The molecule has 15 aromatic carbocycles. The highest BCUT2D eigenvalue weighted by atomic mass is 16.3. The van der Waals surface area contributed by atoms with Crippen molar-refractivity contribution in [2.24, 2.45) is 0 Å². The molecule has 0 saturated carbocycles. The summed E-state index contributed by atoms with van der Waals surface area (Å²) in [5, 5.41) is 16.1. The number of fused-ring (bicyclic) bond motifs is 24. The molecule has 22 rings (SSSR count). The number of hydrogen-bond acceptors (Lipinski definition) is 3. The van der Waals surface area contributed by atoms with Crippen molar-refractivity contribution in [2.45, 2.75) is 0 Å². The van der Waals surface area contributed by atoms with Crippen LogP contribution >= 0.6 is 0 Å². The van der Waals surface area contributed by atoms with Crippen LogP contribution in [0.5, 0.6) is 0 Å². The van der Waals surface area contributed by atoms with Crippen molar-refractivity contribution in [1.82, 2.24) is 18.3 Å². The first kappa shape index (κ1) is 52.4. The van der Waals surface area contributed by atoms with Gasteiger partial charge in [-0.3, -0.25) is 0 Å². The van der Waals surface area contributed by atoms with Gasteiger partial charge in [0.2, 0.25) is 0 Å². The van der Waals surface area contributed by atoms with Gasteiger partial charge in [-0.05, 0) is 161 Å². The smallest absolute Gasteiger partial charge is 0.160 e. The molecule has 0 saturated heterocycles. The SMILES string of the molecule is c1cc(-c2ccc(-n3c4ccccc4c4ccc5c6ccccc6oc5c43)cc2)cc(-n2c3ccccc3c3cc(-c4ccc5c(c4)c4ccc6c7ccccc7oc6c4n5-c4ccc(-c5cccc(-n6c7ccccc7c7ccc8c9ccccc9oc8c76)c5)cc4)ccc32)c1. The summed E-state index contributed by atoms with van der Waals surface area (Å²) in [5.41, 5.74) is 25.3. The minimum Gasteiger partial charge on any atom is -0.454 e. The van der Waals surface area contributed by atoms with Crippen molar-refractivity contribution in [2.75, 3.05) is 0 Å². The largest absolute Gasteiger partial charge is 0.454 e. The maximum absolute atomic E-state index is 6.91. The zero-order valence-corrected chi connectivity index (χ0v) is 52.0. The fourth-order valence-corrected chi connectivity index (χ4v) is 16.4. The number of aromatic nitrogens is 4. The van der Waals surface area contributed by atoms with Gasteiger partial charge >= 0.3 is 0 Å². The van der Waals surface area contributed by atoms with Crippen LogP contribution in [-0.2, 0) is 0 Å². The fourth-order valence-electron chi connectivity index (χ4n) is 16.4. The monoisotopic (exact) mass is 1240 g/mol. The van der Waals surface area contributed by atoms with Crippen molar-refractivity contribution >= 4 is 153 Å². The van der Waals surface area contributed by atoms with Crippen molar-refractivity contribution in [3.8, 4) is 56.1 Å². The first-order valence-corrected chi connectivity index (χ1v) is 33.1. The zero-order valence-electron chi connectivity index (χ0n) is 52.0. The van der Waals surface area contributed by atoms with Crippen molar-refractivity contribution in [1.29, 1.82) is 0 Å². The van der Waals surface area contributed by atoms with Crippen LogP contribution in [0.4, 0.5) is 0 Å². The van der Waals surface area contributed by atoms with Gasteiger partial charge in [0.25, 0.3) is 0 Å². The molecule has 0 N–H and O–H groups in total. The van der Waals surface area contributed by atoms with Gasteiger partial charge < -0.3 is 31.5 Å². The van der Waals surface area contributed by atoms with E-state index in [0.29, 0.717) is 0 Å². The molecule has 7 heteroatoms. The number of para-hydroxylation sites is 6. The normalized spacial score (nSPS) is 12.3. The van der Waals surface area contributed by atoms with E-state index in [2.05, 4.69) is 322 Å². The number of rotatable bonds is 7. The third kappa shape index (κ3) is 7.45. The zero-order chi connectivity index (χ0) is 63.1. The lowest BCUT2D eigenvalue weighted by atomic mass is 10.0. The van der Waals surface area contributed by atoms with Crippen LogP contribution in [0.2, 0.25) is 0 Å². The van der Waals surface area contributed by atoms with Crippen LogP contribution in [0.3, 0.4) is 0 Å². The Balaban J connectivity index is 0.635. The Hall–Kier alpha value is -13.1. The van der Waals surface area contributed by atoms with Crippen molar-refractivity contribution < 1.29 is 13.3 Å². The molecule has 0 unspecified atom stereocenters. The molecule has 7 nitrogen and oxygen atoms in total. The van der Waals surface area contributed by atoms with Gasteiger partial charge in [0.05, 0.1) is 44.1 Å². The van der Waals surface area contributed by atoms with Gasteiger partial charge in [0.15, 0.2) is 16.7 Å². The summed E-state index contributed by atoms with van der Waals surface area (Å²) in [5.74, 6) is 0. The van der Waals surface area contributed by atoms with Gasteiger partial charge in [-0.1, -0.05) is 188 Å². The molecule has 0 aliphatic heterocycles. The molecule has 97 heavy (non-hydrogen) atoms. The molecule has 0 radical (unpaired) electrons. The third-order valence-corrected chi connectivity index (χ3v) is 20.8. The first-order valence-electron chi connectivity index (χ1n) is 33.1. The number of furan rings is 3. The summed E-state index contributed by atoms with van der Waals surface area (Å²) in [4.78, 5) is 0. The first-order chi connectivity index (χ1) is 48.1. The minimum atomic E-state index is 0.872. The van der Waals surface area contributed by atoms with E-state index in [9.17, 15) is 0 Å². The highest BCUT2D eigenvalue weighted by molar-refractivity contribution is 6.25. The summed E-state index contributed by atoms with van der Waals surface area (Å²) >= 11 is 0. The Kier molecular flexibility index (Phi) is 10.7. The molecular weight excluding hydrogens is 1190 g/mol. The number of benzene rings is 15. The highest BCUT2D eigenvalue weighted by Crippen LogP contribution is 2.46. The molecule has 0 spiro atoms. The molecule has 0 aliphatic rings. The topological polar surface area (TPSA) is 59.1 Å². The average molecular weight is 1240 g/mol. The molecule has 0 fully saturated rings. The van der Waals surface area contributed by atoms with E-state index in [-0.39, 0.29) is 0 Å². The molecule has 0 atom stereocenters. The molecule has 22 aromatic rings. The molecule has 7 aromatic heterocycles. The Morgan fingerprint density at radius 3 is 0.907 bits per heavy atom. The minimum absolute atomic E-state index is 0.872. The molecule has 0 amide bonds. The second-order valence-corrected chi connectivity index (χ2v) is 25.9. The Bertz CT molecular complexity index is 7120. The van der Waals surface area contributed by atoms with E-state index in [1.54, 1.807) is 0 Å². The summed E-state index contributed by atoms with van der Waals surface area (Å²) < 4.78 is 29.9. The van der Waals surface area contributed by atoms with E-state index in [1.165, 1.54) is 32.3 Å². The number of nitrogens with zero attached hydrogens (tertiary/aromatic N) is 4. The van der Waals surface area contributed by atoms with Crippen LogP contribution in [0.25, 0.3) is 209 Å². The second kappa shape index (κ2) is 19.7. The van der Waals surface area contributed by atoms with E-state index in [0.717, 1.165) is 177 Å². The van der Waals surface area contributed by atoms with E-state index >= 15 is 0 Å². The quantitative estimate of drug-likeness (QED) is 0.160. The molecule has 7 heterocycles. The van der Waals surface area contributed by atoms with E-state index < -0.39 is 0 Å². The Morgan fingerprint density at radius 1 is 0.165 bits per heavy atom. The lowest BCUT2D eigenvalue weighted by molar-refractivity contribution is 0.670. The lowest BCUT2D eigenvalue weighted by Crippen LogP contribution is -1.96. The summed E-state index contributed by atoms with van der Waals surface area (Å²) in [6, 6.07) is 115. The van der Waals surface area contributed by atoms with Gasteiger partial charge in [-0.25, -0.2) is 0 Å². The Morgan fingerprint density at radius 2 is 0.464 bits per heavy atom. The predicted octanol–water partition coefficient (Wildman–Crippen LogP) is 24.8. The van der Waals surface area contributed by atoms with Crippen LogP contribution in [0.15, 0.2) is 329 Å². The summed E-state index contributed by atoms with van der Waals surface area (Å²) in [6.45, 7) is 0. The van der Waals surface area contributed by atoms with Crippen molar-refractivity contribution in [3.05, 3.63) is 315 Å². The van der Waals surface area contributed by atoms with Crippen LogP contribution in [0, 0.1) is 0 Å². The van der Waals surface area contributed by atoms with Gasteiger partial charge in [-0.15, -0.1) is 0 Å². The van der Waals surface area contributed by atoms with Gasteiger partial charge in [0.1, 0.15) is 16.7 Å². The molecule has 0 aliphatic carbocycles. The standard InChI is InChI=1S/C90H52N4O3/c1-8-26-78-63(19-1)69-41-44-72-66-22-4-10-28-82(66)95-88(72)85(69)92(78)59-37-31-53(32-38-59)55-15-13-17-61(49-55)91-77-25-7-3-21-65(77)75-51-57(35-47-80(75)91)58-36-48-81-76(52-58)71-43-46-74-68-24-6-12-30-84(68)97-90(74)87(71)93(81)60-39-33-54(34-40-60)56-16-14-18-62(50-56)94-79-27-9-2-20-64(79)70-42-45-73-67-23-5-11-29-83(67)96-89(73)86(70)94/h1-52H. The molecule has 450 valence electrons. The third-order valence-electron chi connectivity index (χ3n) is 20.8. The Labute approximate surface area is 552 Å². The highest BCUT2D eigenvalue weighted by Gasteiger charge is 2.24.